The van der Waals surface area contributed by atoms with Crippen molar-refractivity contribution in [3.05, 3.63) is 29.8 Å². The molecule has 0 aliphatic carbocycles. The van der Waals surface area contributed by atoms with E-state index in [0.29, 0.717) is 0 Å². The molecule has 0 bridgehead atoms. The number of ketones is 1. The molecular formula is C13H17NO3S. The molecular weight excluding hydrogens is 250 g/mol. The fourth-order valence-electron chi connectivity index (χ4n) is 2.39. The molecule has 1 aliphatic rings. The molecule has 0 radical (unpaired) electrons. The molecule has 1 saturated heterocycles. The van der Waals surface area contributed by atoms with Gasteiger partial charge in [0.05, 0.1) is 10.4 Å². The number of nitrogens with zero attached hydrogens (tertiary/aromatic N) is 1. The quantitative estimate of drug-likeness (QED) is 0.784. The van der Waals surface area contributed by atoms with Gasteiger partial charge in [-0.3, -0.25) is 4.79 Å². The highest BCUT2D eigenvalue weighted by molar-refractivity contribution is 7.89. The number of carbonyl (C=O) groups excluding carboxylic acids is 1. The summed E-state index contributed by atoms with van der Waals surface area (Å²) in [5.41, 5.74) is 0.386. The van der Waals surface area contributed by atoms with Gasteiger partial charge in [0.2, 0.25) is 10.0 Å². The van der Waals surface area contributed by atoms with Crippen molar-refractivity contribution in [1.29, 1.82) is 0 Å². The number of sulfonamides is 1. The van der Waals surface area contributed by atoms with Gasteiger partial charge in [-0.15, -0.1) is 0 Å². The average molecular weight is 267 g/mol. The number of hydrogen-bond donors (Lipinski definition) is 0. The summed E-state index contributed by atoms with van der Waals surface area (Å²) < 4.78 is 26.1. The number of carbonyl (C=O) groups is 1. The van der Waals surface area contributed by atoms with E-state index in [2.05, 4.69) is 0 Å². The second kappa shape index (κ2) is 3.90. The molecule has 0 N–H and O–H groups in total. The topological polar surface area (TPSA) is 54.2 Å². The monoisotopic (exact) mass is 267 g/mol. The highest BCUT2D eigenvalue weighted by Crippen LogP contribution is 2.45. The Balaban J connectivity index is 2.40. The van der Waals surface area contributed by atoms with E-state index in [1.54, 1.807) is 38.1 Å². The van der Waals surface area contributed by atoms with E-state index in [4.69, 9.17) is 0 Å². The van der Waals surface area contributed by atoms with Crippen LogP contribution in [0, 0.1) is 6.92 Å². The van der Waals surface area contributed by atoms with Gasteiger partial charge in [0, 0.05) is 0 Å². The zero-order chi connectivity index (χ0) is 13.7. The minimum atomic E-state index is -3.57. The first-order chi connectivity index (χ1) is 8.19. The summed E-state index contributed by atoms with van der Waals surface area (Å²) in [6.45, 7) is 6.86. The van der Waals surface area contributed by atoms with Gasteiger partial charge < -0.3 is 0 Å². The Labute approximate surface area is 108 Å². The fraction of sp³-hybridized carbons (Fsp3) is 0.462. The average Bonchev–Trinajstić information content (AvgIpc) is 2.83. The first kappa shape index (κ1) is 13.2. The van der Waals surface area contributed by atoms with Crippen molar-refractivity contribution >= 4 is 15.8 Å². The normalized spacial score (nSPS) is 25.8. The molecule has 1 heterocycles. The van der Waals surface area contributed by atoms with E-state index in [0.717, 1.165) is 5.56 Å². The predicted molar refractivity (Wildman–Crippen MR) is 68.8 cm³/mol. The lowest BCUT2D eigenvalue weighted by atomic mass is 10.1. The second-order valence-electron chi connectivity index (χ2n) is 5.28. The van der Waals surface area contributed by atoms with E-state index >= 15 is 0 Å². The minimum absolute atomic E-state index is 0.115. The van der Waals surface area contributed by atoms with Crippen LogP contribution in [0.15, 0.2) is 29.2 Å². The molecule has 2 unspecified atom stereocenters. The van der Waals surface area contributed by atoms with Crippen LogP contribution in [0.25, 0.3) is 0 Å². The molecule has 1 aliphatic heterocycles. The van der Waals surface area contributed by atoms with Crippen LogP contribution in [-0.2, 0) is 14.8 Å². The van der Waals surface area contributed by atoms with Crippen molar-refractivity contribution in [2.75, 3.05) is 0 Å². The number of aryl methyl sites for hydroxylation is 1. The third-order valence-electron chi connectivity index (χ3n) is 3.37. The van der Waals surface area contributed by atoms with Gasteiger partial charge in [-0.2, -0.15) is 4.31 Å². The molecule has 0 saturated carbocycles. The van der Waals surface area contributed by atoms with Crippen LogP contribution < -0.4 is 0 Å². The molecule has 4 nitrogen and oxygen atoms in total. The van der Waals surface area contributed by atoms with Crippen LogP contribution in [-0.4, -0.2) is 30.1 Å². The van der Waals surface area contributed by atoms with Crippen LogP contribution >= 0.6 is 0 Å². The molecule has 0 aromatic heterocycles. The van der Waals surface area contributed by atoms with Crippen LogP contribution in [0.5, 0.6) is 0 Å². The van der Waals surface area contributed by atoms with Crippen LogP contribution in [0.2, 0.25) is 0 Å². The number of Topliss-reactive ketones (excluding diaryl/α,β-unsaturated/α-hetero) is 1. The highest BCUT2D eigenvalue weighted by Gasteiger charge is 2.64. The maximum Gasteiger partial charge on any atom is 0.244 e. The largest absolute Gasteiger partial charge is 0.298 e. The summed E-state index contributed by atoms with van der Waals surface area (Å²) in [7, 11) is -3.57. The molecule has 0 spiro atoms. The molecule has 2 rings (SSSR count). The Morgan fingerprint density at radius 2 is 1.72 bits per heavy atom. The van der Waals surface area contributed by atoms with Crippen molar-refractivity contribution in [1.82, 2.24) is 4.31 Å². The van der Waals surface area contributed by atoms with Crippen molar-refractivity contribution in [3.63, 3.8) is 0 Å². The van der Waals surface area contributed by atoms with Crippen molar-refractivity contribution < 1.29 is 13.2 Å². The Hall–Kier alpha value is -1.20. The highest BCUT2D eigenvalue weighted by atomic mass is 32.2. The first-order valence-electron chi connectivity index (χ1n) is 5.80. The summed E-state index contributed by atoms with van der Waals surface area (Å²) in [6, 6.07) is 6.13. The van der Waals surface area contributed by atoms with Crippen LogP contribution in [0.4, 0.5) is 0 Å². The zero-order valence-electron chi connectivity index (χ0n) is 11.0. The van der Waals surface area contributed by atoms with Gasteiger partial charge in [-0.05, 0) is 39.8 Å². The van der Waals surface area contributed by atoms with Gasteiger partial charge >= 0.3 is 0 Å². The number of benzene rings is 1. The summed E-state index contributed by atoms with van der Waals surface area (Å²) >= 11 is 0. The lowest BCUT2D eigenvalue weighted by Crippen LogP contribution is -2.19. The standard InChI is InChI=1S/C13H17NO3S/c1-9-5-7-11(8-6-9)18(16,17)14-12(10(2)15)13(14,3)4/h5-8,12H,1-4H3. The number of hydrogen-bond acceptors (Lipinski definition) is 3. The Morgan fingerprint density at radius 3 is 2.11 bits per heavy atom. The molecule has 18 heavy (non-hydrogen) atoms. The summed E-state index contributed by atoms with van der Waals surface area (Å²) in [5, 5.41) is 0. The molecule has 1 aromatic carbocycles. The molecule has 1 aromatic rings. The fourth-order valence-corrected chi connectivity index (χ4v) is 4.45. The maximum atomic E-state index is 12.4. The second-order valence-corrected chi connectivity index (χ2v) is 7.10. The van der Waals surface area contributed by atoms with Crippen molar-refractivity contribution in [3.8, 4) is 0 Å². The van der Waals surface area contributed by atoms with Gasteiger partial charge in [0.15, 0.2) is 0 Å². The Bertz CT molecular complexity index is 587. The lowest BCUT2D eigenvalue weighted by Gasteiger charge is -2.08. The predicted octanol–water partition coefficient (Wildman–Crippen LogP) is 1.74. The zero-order valence-corrected chi connectivity index (χ0v) is 11.8. The van der Waals surface area contributed by atoms with Crippen molar-refractivity contribution in [2.45, 2.75) is 44.2 Å². The number of rotatable bonds is 3. The van der Waals surface area contributed by atoms with E-state index < -0.39 is 21.6 Å². The van der Waals surface area contributed by atoms with Crippen molar-refractivity contribution in [2.24, 2.45) is 0 Å². The first-order valence-corrected chi connectivity index (χ1v) is 7.24. The van der Waals surface area contributed by atoms with E-state index in [9.17, 15) is 13.2 Å². The van der Waals surface area contributed by atoms with Gasteiger partial charge in [0.25, 0.3) is 0 Å². The van der Waals surface area contributed by atoms with Crippen LogP contribution in [0.3, 0.4) is 0 Å². The summed E-state index contributed by atoms with van der Waals surface area (Å²) in [5.74, 6) is -0.115. The van der Waals surface area contributed by atoms with E-state index in [1.165, 1.54) is 11.2 Å². The maximum absolute atomic E-state index is 12.4. The van der Waals surface area contributed by atoms with Gasteiger partial charge in [-0.25, -0.2) is 8.42 Å². The van der Waals surface area contributed by atoms with E-state index in [1.807, 2.05) is 6.92 Å². The third-order valence-corrected chi connectivity index (χ3v) is 5.43. The molecule has 2 atom stereocenters. The SMILES string of the molecule is CC(=O)C1N(S(=O)(=O)c2ccc(C)cc2)C1(C)C. The summed E-state index contributed by atoms with van der Waals surface area (Å²) in [6.07, 6.45) is 0. The third kappa shape index (κ3) is 1.87. The Morgan fingerprint density at radius 1 is 1.22 bits per heavy atom. The molecule has 5 heteroatoms. The molecule has 1 fully saturated rings. The summed E-state index contributed by atoms with van der Waals surface area (Å²) in [4.78, 5) is 11.7. The van der Waals surface area contributed by atoms with E-state index in [-0.39, 0.29) is 10.7 Å². The minimum Gasteiger partial charge on any atom is -0.298 e. The molecule has 98 valence electrons. The Kier molecular flexibility index (Phi) is 2.87. The lowest BCUT2D eigenvalue weighted by molar-refractivity contribution is -0.117. The smallest absolute Gasteiger partial charge is 0.244 e. The van der Waals surface area contributed by atoms with Gasteiger partial charge in [0.1, 0.15) is 11.8 Å². The van der Waals surface area contributed by atoms with Crippen LogP contribution in [0.1, 0.15) is 26.3 Å². The van der Waals surface area contributed by atoms with Gasteiger partial charge in [-0.1, -0.05) is 17.7 Å². The molecule has 0 amide bonds.